The highest BCUT2D eigenvalue weighted by Gasteiger charge is 2.45. The van der Waals surface area contributed by atoms with Crippen LogP contribution in [-0.2, 0) is 0 Å². The van der Waals surface area contributed by atoms with Gasteiger partial charge in [-0.05, 0) is 75.2 Å². The number of rotatable bonds is 9. The molecule has 0 amide bonds. The lowest BCUT2D eigenvalue weighted by atomic mass is 9.95. The summed E-state index contributed by atoms with van der Waals surface area (Å²) in [6, 6.07) is 5.38. The zero-order chi connectivity index (χ0) is 29.7. The fourth-order valence-corrected chi connectivity index (χ4v) is 6.51. The summed E-state index contributed by atoms with van der Waals surface area (Å²) in [6.45, 7) is 2.36. The zero-order valence-electron chi connectivity index (χ0n) is 23.5. The monoisotopic (exact) mass is 587 g/mol. The van der Waals surface area contributed by atoms with E-state index in [1.165, 1.54) is 24.3 Å². The number of aromatic hydroxyl groups is 1. The maximum absolute atomic E-state index is 16.7. The maximum Gasteiger partial charge on any atom is 0.319 e. The topological polar surface area (TPSA) is 113 Å². The number of fused-ring (bicyclic) bond motifs is 3. The molecule has 0 radical (unpaired) electrons. The van der Waals surface area contributed by atoms with Crippen LogP contribution in [0.2, 0.25) is 0 Å². The maximum atomic E-state index is 16.7. The number of terminal acetylenes is 1. The molecule has 3 aliphatic rings. The van der Waals surface area contributed by atoms with E-state index in [9.17, 15) is 14.6 Å². The van der Waals surface area contributed by atoms with Crippen LogP contribution in [0.15, 0.2) is 24.3 Å². The Hall–Kier alpha value is -4.27. The smallest absolute Gasteiger partial charge is 0.319 e. The van der Waals surface area contributed by atoms with Gasteiger partial charge in [0.1, 0.15) is 46.7 Å². The van der Waals surface area contributed by atoms with E-state index in [-0.39, 0.29) is 81.4 Å². The van der Waals surface area contributed by atoms with E-state index in [0.29, 0.717) is 12.0 Å². The number of hydrogen-bond donors (Lipinski definition) is 3. The highest BCUT2D eigenvalue weighted by molar-refractivity contribution is 6.04. The third-order valence-corrected chi connectivity index (χ3v) is 8.67. The predicted octanol–water partition coefficient (Wildman–Crippen LogP) is 4.76. The second-order valence-corrected chi connectivity index (χ2v) is 11.5. The number of anilines is 1. The minimum Gasteiger partial charge on any atom is -0.508 e. The van der Waals surface area contributed by atoms with Crippen molar-refractivity contribution in [3.05, 3.63) is 41.5 Å². The lowest BCUT2D eigenvalue weighted by Gasteiger charge is -2.31. The minimum atomic E-state index is -0.835. The van der Waals surface area contributed by atoms with E-state index in [2.05, 4.69) is 31.1 Å². The van der Waals surface area contributed by atoms with Crippen molar-refractivity contribution in [2.24, 2.45) is 0 Å². The summed E-state index contributed by atoms with van der Waals surface area (Å²) < 4.78 is 43.9. The number of ether oxygens (including phenoxy) is 2. The highest BCUT2D eigenvalue weighted by Crippen LogP contribution is 2.43. The summed E-state index contributed by atoms with van der Waals surface area (Å²) in [5.74, 6) is 0.994. The molecule has 2 aliphatic heterocycles. The Bertz CT molecular complexity index is 1780. The van der Waals surface area contributed by atoms with Gasteiger partial charge >= 0.3 is 6.01 Å². The number of nitrogens with one attached hydrogen (secondary N) is 1. The fraction of sp³-hybridized carbons (Fsp3) is 0.406. The number of aromatic nitrogens is 3. The van der Waals surface area contributed by atoms with Crippen LogP contribution in [0.1, 0.15) is 44.1 Å². The van der Waals surface area contributed by atoms with Crippen molar-refractivity contribution < 1.29 is 28.5 Å². The van der Waals surface area contributed by atoms with E-state index in [4.69, 9.17) is 15.9 Å². The van der Waals surface area contributed by atoms with Gasteiger partial charge in [-0.1, -0.05) is 12.0 Å². The molecule has 4 aromatic rings. The van der Waals surface area contributed by atoms with E-state index in [0.717, 1.165) is 51.6 Å². The van der Waals surface area contributed by atoms with Crippen molar-refractivity contribution in [3.63, 3.8) is 0 Å². The molecule has 11 heteroatoms. The van der Waals surface area contributed by atoms with Crippen molar-refractivity contribution >= 4 is 27.5 Å². The molecule has 222 valence electrons. The molecular weight excluding hydrogens is 556 g/mol. The number of pyridine rings is 1. The normalized spacial score (nSPS) is 17.7. The summed E-state index contributed by atoms with van der Waals surface area (Å²) in [7, 11) is 0. The van der Waals surface area contributed by atoms with Gasteiger partial charge < -0.3 is 25.0 Å². The molecule has 2 aromatic heterocycles. The van der Waals surface area contributed by atoms with Crippen LogP contribution in [0.5, 0.6) is 17.6 Å². The Morgan fingerprint density at radius 1 is 1.09 bits per heavy atom. The van der Waals surface area contributed by atoms with Gasteiger partial charge in [-0.2, -0.15) is 9.97 Å². The Kier molecular flexibility index (Phi) is 6.91. The van der Waals surface area contributed by atoms with Gasteiger partial charge in [-0.15, -0.1) is 6.42 Å². The van der Waals surface area contributed by atoms with Crippen molar-refractivity contribution in [3.8, 4) is 41.2 Å². The van der Waals surface area contributed by atoms with Crippen LogP contribution in [-0.4, -0.2) is 74.6 Å². The zero-order valence-corrected chi connectivity index (χ0v) is 23.5. The number of nitrogens with zero attached hydrogens (tertiary/aromatic N) is 4. The summed E-state index contributed by atoms with van der Waals surface area (Å²) in [4.78, 5) is 16.1. The molecule has 0 bridgehead atoms. The van der Waals surface area contributed by atoms with Crippen LogP contribution in [0, 0.1) is 24.0 Å². The third-order valence-electron chi connectivity index (χ3n) is 8.67. The van der Waals surface area contributed by atoms with E-state index < -0.39 is 11.6 Å². The summed E-state index contributed by atoms with van der Waals surface area (Å²) >= 11 is 0. The molecule has 2 saturated heterocycles. The first kappa shape index (κ1) is 27.6. The molecule has 0 unspecified atom stereocenters. The van der Waals surface area contributed by atoms with Crippen molar-refractivity contribution in [2.45, 2.75) is 50.2 Å². The minimum absolute atomic E-state index is 0.0226. The van der Waals surface area contributed by atoms with Crippen LogP contribution in [0.25, 0.3) is 32.9 Å². The van der Waals surface area contributed by atoms with Gasteiger partial charge in [0, 0.05) is 17.5 Å². The quantitative estimate of drug-likeness (QED) is 0.239. The molecule has 1 aliphatic carbocycles. The predicted molar refractivity (Wildman–Crippen MR) is 157 cm³/mol. The Morgan fingerprint density at radius 2 is 1.88 bits per heavy atom. The van der Waals surface area contributed by atoms with Crippen molar-refractivity contribution in [2.75, 3.05) is 38.2 Å². The molecule has 2 aromatic carbocycles. The summed E-state index contributed by atoms with van der Waals surface area (Å²) in [6.07, 6.45) is 11.4. The molecule has 0 atom stereocenters. The molecular formula is C32H31F2N5O4. The van der Waals surface area contributed by atoms with E-state index >= 15 is 4.39 Å². The van der Waals surface area contributed by atoms with Gasteiger partial charge in [-0.25, -0.2) is 13.8 Å². The molecule has 3 fully saturated rings. The van der Waals surface area contributed by atoms with Crippen LogP contribution in [0.4, 0.5) is 14.6 Å². The number of hydrogen-bond acceptors (Lipinski definition) is 9. The first-order valence-electron chi connectivity index (χ1n) is 14.6. The molecule has 7 rings (SSSR count). The lowest BCUT2D eigenvalue weighted by Crippen LogP contribution is -2.43. The second-order valence-electron chi connectivity index (χ2n) is 11.5. The molecule has 4 heterocycles. The highest BCUT2D eigenvalue weighted by atomic mass is 19.1. The number of phenolic OH excluding ortho intramolecular Hbond substituents is 1. The fourth-order valence-electron chi connectivity index (χ4n) is 6.51. The number of aliphatic hydroxyl groups excluding tert-OH is 1. The van der Waals surface area contributed by atoms with Gasteiger partial charge in [0.25, 0.3) is 0 Å². The molecule has 3 N–H and O–H groups in total. The number of benzene rings is 2. The van der Waals surface area contributed by atoms with E-state index in [1.54, 1.807) is 0 Å². The van der Waals surface area contributed by atoms with Gasteiger partial charge in [0.15, 0.2) is 5.82 Å². The standard InChI is InChI=1S/C32H31F2N5O4/c1-2-21-23(33)8-5-18-15-19(41)16-22(24(18)21)27-26(34)28-25(30(36-27)43-20-6-7-20)29(35-11-14-40)38-31(37-28)42-17-32-9-3-12-39(32)13-4-10-32/h1,5,8,15-16,20,40-41H,3-4,6-7,9-14,17H2,(H,35,37,38). The van der Waals surface area contributed by atoms with Crippen molar-refractivity contribution in [1.82, 2.24) is 19.9 Å². The molecule has 0 spiro atoms. The van der Waals surface area contributed by atoms with Crippen LogP contribution < -0.4 is 14.8 Å². The number of halogens is 2. The Morgan fingerprint density at radius 3 is 2.60 bits per heavy atom. The summed E-state index contributed by atoms with van der Waals surface area (Å²) in [5, 5.41) is 24.0. The average Bonchev–Trinajstić information content (AvgIpc) is 3.59. The third kappa shape index (κ3) is 4.84. The summed E-state index contributed by atoms with van der Waals surface area (Å²) in [5.41, 5.74) is -0.393. The molecule has 9 nitrogen and oxygen atoms in total. The van der Waals surface area contributed by atoms with Crippen LogP contribution in [0.3, 0.4) is 0 Å². The number of aliphatic hydroxyl groups is 1. The van der Waals surface area contributed by atoms with Gasteiger partial charge in [0.05, 0.1) is 17.7 Å². The van der Waals surface area contributed by atoms with Crippen molar-refractivity contribution in [1.29, 1.82) is 0 Å². The Balaban J connectivity index is 1.43. The Labute approximate surface area is 246 Å². The average molecular weight is 588 g/mol. The first-order valence-corrected chi connectivity index (χ1v) is 14.6. The van der Waals surface area contributed by atoms with Gasteiger partial charge in [-0.3, -0.25) is 4.90 Å². The van der Waals surface area contributed by atoms with Crippen LogP contribution >= 0.6 is 0 Å². The SMILES string of the molecule is C#Cc1c(F)ccc2cc(O)cc(-c3nc(OC4CC4)c4c(NCCO)nc(OCC56CCCN5CCC6)nc4c3F)c12. The largest absolute Gasteiger partial charge is 0.508 e. The first-order chi connectivity index (χ1) is 20.9. The molecule has 43 heavy (non-hydrogen) atoms. The van der Waals surface area contributed by atoms with Gasteiger partial charge in [0.2, 0.25) is 5.88 Å². The van der Waals surface area contributed by atoms with E-state index in [1.807, 2.05) is 0 Å². The second kappa shape index (κ2) is 10.8. The lowest BCUT2D eigenvalue weighted by molar-refractivity contribution is 0.108. The molecule has 1 saturated carbocycles. The number of phenols is 1.